The summed E-state index contributed by atoms with van der Waals surface area (Å²) in [6.45, 7) is 12.9. The Morgan fingerprint density at radius 2 is 1.60 bits per heavy atom. The Bertz CT molecular complexity index is 370. The smallest absolute Gasteiger partial charge is 0.176 e. The lowest BCUT2D eigenvalue weighted by molar-refractivity contribution is -0.323. The fourth-order valence-corrected chi connectivity index (χ4v) is 4.74. The van der Waals surface area contributed by atoms with E-state index >= 15 is 0 Å². The third-order valence-corrected chi connectivity index (χ3v) is 6.10. The summed E-state index contributed by atoms with van der Waals surface area (Å²) in [6.07, 6.45) is 5.20. The predicted octanol–water partition coefficient (Wildman–Crippen LogP) is 3.76. The molecule has 0 amide bonds. The summed E-state index contributed by atoms with van der Waals surface area (Å²) in [7, 11) is 0. The Hall–Kier alpha value is -0.120. The van der Waals surface area contributed by atoms with Crippen molar-refractivity contribution in [3.05, 3.63) is 0 Å². The normalized spacial score (nSPS) is 42.9. The van der Waals surface area contributed by atoms with E-state index in [2.05, 4.69) is 34.6 Å². The molecule has 0 radical (unpaired) electrons. The number of hydrogen-bond acceptors (Lipinski definition) is 3. The molecule has 1 aliphatic carbocycles. The molecule has 2 saturated heterocycles. The number of fused-ring (bicyclic) bond motifs is 1. The Morgan fingerprint density at radius 3 is 2.20 bits per heavy atom. The van der Waals surface area contributed by atoms with Crippen LogP contribution in [0.4, 0.5) is 0 Å². The van der Waals surface area contributed by atoms with E-state index in [1.807, 2.05) is 0 Å². The molecule has 0 aromatic rings. The average Bonchev–Trinajstić information content (AvgIpc) is 2.85. The van der Waals surface area contributed by atoms with Crippen molar-refractivity contribution in [3.63, 3.8) is 0 Å². The topological polar surface area (TPSA) is 27.7 Å². The van der Waals surface area contributed by atoms with Gasteiger partial charge in [-0.15, -0.1) is 0 Å². The maximum atomic E-state index is 6.60. The van der Waals surface area contributed by atoms with Gasteiger partial charge in [-0.1, -0.05) is 34.6 Å². The molecule has 2 aliphatic heterocycles. The molecule has 1 spiro atoms. The number of ether oxygens (including phenoxy) is 3. The van der Waals surface area contributed by atoms with Crippen molar-refractivity contribution >= 4 is 0 Å². The van der Waals surface area contributed by atoms with Gasteiger partial charge in [0, 0.05) is 11.8 Å². The maximum Gasteiger partial charge on any atom is 0.176 e. The quantitative estimate of drug-likeness (QED) is 0.733. The fourth-order valence-electron chi connectivity index (χ4n) is 4.74. The molecule has 2 heterocycles. The molecule has 1 saturated carbocycles. The molecule has 3 nitrogen and oxygen atoms in total. The maximum absolute atomic E-state index is 6.60. The second-order valence-electron chi connectivity index (χ2n) is 8.16. The van der Waals surface area contributed by atoms with Crippen molar-refractivity contribution in [1.82, 2.24) is 0 Å². The minimum atomic E-state index is -0.421. The first kappa shape index (κ1) is 14.8. The lowest BCUT2D eigenvalue weighted by Crippen LogP contribution is -2.64. The van der Waals surface area contributed by atoms with Crippen molar-refractivity contribution in [2.45, 2.75) is 78.3 Å². The summed E-state index contributed by atoms with van der Waals surface area (Å²) < 4.78 is 18.8. The first-order valence-corrected chi connectivity index (χ1v) is 8.24. The Kier molecular flexibility index (Phi) is 3.47. The van der Waals surface area contributed by atoms with Crippen LogP contribution < -0.4 is 0 Å². The number of hydrogen-bond donors (Lipinski definition) is 0. The van der Waals surface area contributed by atoms with E-state index in [4.69, 9.17) is 14.2 Å². The molecule has 1 unspecified atom stereocenters. The second kappa shape index (κ2) is 4.69. The van der Waals surface area contributed by atoms with Gasteiger partial charge in [-0.05, 0) is 30.6 Å². The van der Waals surface area contributed by atoms with E-state index in [9.17, 15) is 0 Å². The summed E-state index contributed by atoms with van der Waals surface area (Å²) in [5.74, 6) is 0.161. The predicted molar refractivity (Wildman–Crippen MR) is 78.5 cm³/mol. The van der Waals surface area contributed by atoms with Crippen LogP contribution in [0.5, 0.6) is 0 Å². The minimum Gasteiger partial charge on any atom is -0.373 e. The van der Waals surface area contributed by atoms with Gasteiger partial charge in [0.2, 0.25) is 0 Å². The highest BCUT2D eigenvalue weighted by Crippen LogP contribution is 2.59. The van der Waals surface area contributed by atoms with Gasteiger partial charge in [0.05, 0.1) is 25.4 Å². The van der Waals surface area contributed by atoms with Gasteiger partial charge in [-0.2, -0.15) is 0 Å². The summed E-state index contributed by atoms with van der Waals surface area (Å²) in [6, 6.07) is 0. The van der Waals surface area contributed by atoms with Crippen molar-refractivity contribution in [3.8, 4) is 0 Å². The molecular weight excluding hydrogens is 252 g/mol. The zero-order chi connectivity index (χ0) is 14.6. The summed E-state index contributed by atoms with van der Waals surface area (Å²) in [4.78, 5) is 0. The average molecular weight is 282 g/mol. The zero-order valence-corrected chi connectivity index (χ0v) is 13.7. The molecule has 3 heteroatoms. The van der Waals surface area contributed by atoms with E-state index in [1.165, 1.54) is 12.8 Å². The van der Waals surface area contributed by atoms with Gasteiger partial charge < -0.3 is 14.2 Å². The molecule has 116 valence electrons. The molecule has 20 heavy (non-hydrogen) atoms. The van der Waals surface area contributed by atoms with Crippen LogP contribution in [0, 0.1) is 16.7 Å². The molecule has 0 aromatic heterocycles. The highest BCUT2D eigenvalue weighted by molar-refractivity contribution is 5.08. The van der Waals surface area contributed by atoms with Crippen LogP contribution in [-0.4, -0.2) is 31.2 Å². The molecule has 3 fully saturated rings. The van der Waals surface area contributed by atoms with Crippen LogP contribution >= 0.6 is 0 Å². The lowest BCUT2D eigenvalue weighted by atomic mass is 9.56. The fraction of sp³-hybridized carbons (Fsp3) is 1.00. The standard InChI is InChI=1S/C17H30O3/c1-12(2)13-6-7-16(5)8-9-17(18-10-11-19-17)15(3,4)14(16)20-13/h12-14H,6-11H2,1-5H3/t13?,14-,16-/m0/s1. The van der Waals surface area contributed by atoms with Gasteiger partial charge in [-0.25, -0.2) is 0 Å². The number of rotatable bonds is 1. The van der Waals surface area contributed by atoms with Gasteiger partial charge >= 0.3 is 0 Å². The van der Waals surface area contributed by atoms with Crippen LogP contribution in [0.2, 0.25) is 0 Å². The monoisotopic (exact) mass is 282 g/mol. The first-order chi connectivity index (χ1) is 9.31. The molecule has 3 aliphatic rings. The van der Waals surface area contributed by atoms with Crippen molar-refractivity contribution < 1.29 is 14.2 Å². The minimum absolute atomic E-state index is 0.0932. The highest BCUT2D eigenvalue weighted by Gasteiger charge is 2.64. The lowest BCUT2D eigenvalue weighted by Gasteiger charge is -2.60. The van der Waals surface area contributed by atoms with E-state index in [0.29, 0.717) is 12.0 Å². The summed E-state index contributed by atoms with van der Waals surface area (Å²) >= 11 is 0. The molecule has 3 atom stereocenters. The van der Waals surface area contributed by atoms with Gasteiger partial charge in [0.15, 0.2) is 5.79 Å². The molecule has 0 aromatic carbocycles. The van der Waals surface area contributed by atoms with Crippen molar-refractivity contribution in [2.24, 2.45) is 16.7 Å². The van der Waals surface area contributed by atoms with Crippen molar-refractivity contribution in [2.75, 3.05) is 13.2 Å². The SMILES string of the molecule is CC(C)C1CC[C@@]2(C)CCC3(OCCO3)C(C)(C)[C@@H]2O1. The Morgan fingerprint density at radius 1 is 0.950 bits per heavy atom. The third-order valence-electron chi connectivity index (χ3n) is 6.10. The van der Waals surface area contributed by atoms with Gasteiger partial charge in [0.25, 0.3) is 0 Å². The van der Waals surface area contributed by atoms with E-state index in [1.54, 1.807) is 0 Å². The molecule has 3 rings (SSSR count). The van der Waals surface area contributed by atoms with Gasteiger partial charge in [0.1, 0.15) is 0 Å². The molecular formula is C17H30O3. The third kappa shape index (κ3) is 1.97. The highest BCUT2D eigenvalue weighted by atomic mass is 16.7. The van der Waals surface area contributed by atoms with Crippen LogP contribution in [0.3, 0.4) is 0 Å². The van der Waals surface area contributed by atoms with Crippen LogP contribution in [-0.2, 0) is 14.2 Å². The molecule has 0 N–H and O–H groups in total. The zero-order valence-electron chi connectivity index (χ0n) is 13.7. The Labute approximate surface area is 123 Å². The van der Waals surface area contributed by atoms with Crippen LogP contribution in [0.1, 0.15) is 60.3 Å². The summed E-state index contributed by atoms with van der Waals surface area (Å²) in [5, 5.41) is 0. The molecule has 0 bridgehead atoms. The van der Waals surface area contributed by atoms with E-state index in [-0.39, 0.29) is 16.9 Å². The van der Waals surface area contributed by atoms with Crippen LogP contribution in [0.15, 0.2) is 0 Å². The largest absolute Gasteiger partial charge is 0.373 e. The van der Waals surface area contributed by atoms with Gasteiger partial charge in [-0.3, -0.25) is 0 Å². The Balaban J connectivity index is 1.90. The van der Waals surface area contributed by atoms with Crippen molar-refractivity contribution in [1.29, 1.82) is 0 Å². The summed E-state index contributed by atoms with van der Waals surface area (Å²) in [5.41, 5.74) is 0.180. The first-order valence-electron chi connectivity index (χ1n) is 8.24. The van der Waals surface area contributed by atoms with E-state index < -0.39 is 5.79 Å². The second-order valence-corrected chi connectivity index (χ2v) is 8.16. The van der Waals surface area contributed by atoms with Crippen LogP contribution in [0.25, 0.3) is 0 Å². The van der Waals surface area contributed by atoms with E-state index in [0.717, 1.165) is 26.1 Å².